The van der Waals surface area contributed by atoms with Crippen LogP contribution in [0.1, 0.15) is 73.9 Å². The number of rotatable bonds is 6. The molecule has 1 aromatic heterocycles. The van der Waals surface area contributed by atoms with Crippen molar-refractivity contribution >= 4 is 5.91 Å². The summed E-state index contributed by atoms with van der Waals surface area (Å²) in [6.45, 7) is 2.01. The first-order valence-corrected chi connectivity index (χ1v) is 11.5. The second-order valence-corrected chi connectivity index (χ2v) is 8.45. The number of aromatic nitrogens is 1. The highest BCUT2D eigenvalue weighted by Gasteiger charge is 2.39. The first-order valence-electron chi connectivity index (χ1n) is 11.5. The molecule has 5 nitrogen and oxygen atoms in total. The van der Waals surface area contributed by atoms with Crippen molar-refractivity contribution < 1.29 is 15.0 Å². The Morgan fingerprint density at radius 1 is 1.00 bits per heavy atom. The third-order valence-electron chi connectivity index (χ3n) is 6.13. The maximum atomic E-state index is 13.0. The number of carbonyl (C=O) groups is 1. The Morgan fingerprint density at radius 3 is 1.91 bits per heavy atom. The fourth-order valence-electron chi connectivity index (χ4n) is 4.24. The highest BCUT2D eigenvalue weighted by molar-refractivity contribution is 5.95. The minimum atomic E-state index is -0.504. The highest BCUT2D eigenvalue weighted by Crippen LogP contribution is 2.37. The number of carbonyl (C=O) groups excluding carboxylic acids is 1. The summed E-state index contributed by atoms with van der Waals surface area (Å²) in [5, 5.41) is 18.7. The number of terminal acetylenes is 1. The largest absolute Gasteiger partial charge is 0.396 e. The van der Waals surface area contributed by atoms with Crippen molar-refractivity contribution in [1.82, 2.24) is 9.88 Å². The molecule has 5 heteroatoms. The van der Waals surface area contributed by atoms with Gasteiger partial charge >= 0.3 is 0 Å². The lowest BCUT2D eigenvalue weighted by atomic mass is 9.83. The van der Waals surface area contributed by atoms with Gasteiger partial charge in [-0.2, -0.15) is 0 Å². The van der Waals surface area contributed by atoms with E-state index in [1.807, 2.05) is 42.5 Å². The standard InChI is InChI=1S/C20H29NO3.C5H5N.C2H2/c1-14(23)16-4-6-17(7-5-16)20(24)21(19-10-11-19)18-8-2-15(3-9-18)12-13-22;1-2-4-6-5-3-1;1-2/h4-7,14-15,18-19,22-23H,2-3,8-13H2,1H3;1-5H;1-2H/t14-,15?,18?;;/m1../s1. The van der Waals surface area contributed by atoms with Gasteiger partial charge in [-0.25, -0.2) is 0 Å². The summed E-state index contributed by atoms with van der Waals surface area (Å²) in [5.74, 6) is 0.757. The molecular weight excluding hydrogens is 400 g/mol. The van der Waals surface area contributed by atoms with Gasteiger partial charge in [-0.05, 0) is 87.6 Å². The maximum absolute atomic E-state index is 13.0. The summed E-state index contributed by atoms with van der Waals surface area (Å²) < 4.78 is 0. The van der Waals surface area contributed by atoms with Crippen LogP contribution < -0.4 is 0 Å². The van der Waals surface area contributed by atoms with Crippen LogP contribution in [0.5, 0.6) is 0 Å². The zero-order valence-electron chi connectivity index (χ0n) is 19.0. The van der Waals surface area contributed by atoms with Gasteiger partial charge in [0, 0.05) is 36.6 Å². The van der Waals surface area contributed by atoms with E-state index < -0.39 is 6.10 Å². The van der Waals surface area contributed by atoms with Crippen molar-refractivity contribution in [3.8, 4) is 12.8 Å². The third-order valence-corrected chi connectivity index (χ3v) is 6.13. The van der Waals surface area contributed by atoms with Gasteiger partial charge in [-0.15, -0.1) is 12.8 Å². The molecule has 2 fully saturated rings. The Kier molecular flexibility index (Phi) is 10.9. The maximum Gasteiger partial charge on any atom is 0.254 e. The molecule has 2 aliphatic carbocycles. The van der Waals surface area contributed by atoms with Gasteiger partial charge in [0.25, 0.3) is 5.91 Å². The van der Waals surface area contributed by atoms with Crippen molar-refractivity contribution in [2.75, 3.05) is 6.61 Å². The summed E-state index contributed by atoms with van der Waals surface area (Å²) in [7, 11) is 0. The minimum absolute atomic E-state index is 0.139. The van der Waals surface area contributed by atoms with Gasteiger partial charge in [-0.1, -0.05) is 18.2 Å². The number of hydrogen-bond acceptors (Lipinski definition) is 4. The predicted molar refractivity (Wildman–Crippen MR) is 128 cm³/mol. The van der Waals surface area contributed by atoms with Crippen molar-refractivity contribution in [2.24, 2.45) is 5.92 Å². The van der Waals surface area contributed by atoms with E-state index in [-0.39, 0.29) is 12.5 Å². The fourth-order valence-corrected chi connectivity index (χ4v) is 4.24. The van der Waals surface area contributed by atoms with Gasteiger partial charge in [0.05, 0.1) is 6.10 Å². The van der Waals surface area contributed by atoms with Crippen molar-refractivity contribution in [3.63, 3.8) is 0 Å². The van der Waals surface area contributed by atoms with Crippen LogP contribution in [-0.2, 0) is 0 Å². The molecule has 172 valence electrons. The van der Waals surface area contributed by atoms with Crippen LogP contribution in [0.25, 0.3) is 0 Å². The number of nitrogens with zero attached hydrogens (tertiary/aromatic N) is 2. The lowest BCUT2D eigenvalue weighted by Gasteiger charge is -2.37. The summed E-state index contributed by atoms with van der Waals surface area (Å²) in [6.07, 6.45) is 18.5. The second-order valence-electron chi connectivity index (χ2n) is 8.45. The molecule has 2 aromatic rings. The summed E-state index contributed by atoms with van der Waals surface area (Å²) in [5.41, 5.74) is 1.57. The number of pyridine rings is 1. The molecule has 2 N–H and O–H groups in total. The van der Waals surface area contributed by atoms with Crippen LogP contribution in [0.3, 0.4) is 0 Å². The summed E-state index contributed by atoms with van der Waals surface area (Å²) >= 11 is 0. The van der Waals surface area contributed by atoms with E-state index in [0.29, 0.717) is 18.0 Å². The van der Waals surface area contributed by atoms with Gasteiger partial charge in [0.15, 0.2) is 0 Å². The van der Waals surface area contributed by atoms with E-state index >= 15 is 0 Å². The molecule has 0 unspecified atom stereocenters. The van der Waals surface area contributed by atoms with E-state index in [2.05, 4.69) is 22.7 Å². The van der Waals surface area contributed by atoms with E-state index in [1.165, 1.54) is 0 Å². The molecule has 1 atom stereocenters. The molecule has 0 aliphatic heterocycles. The lowest BCUT2D eigenvalue weighted by molar-refractivity contribution is 0.0578. The molecule has 1 amide bonds. The van der Waals surface area contributed by atoms with Gasteiger partial charge in [0.1, 0.15) is 0 Å². The number of amides is 1. The number of hydrogen-bond donors (Lipinski definition) is 2. The summed E-state index contributed by atoms with van der Waals surface area (Å²) in [4.78, 5) is 19.0. The Morgan fingerprint density at radius 2 is 1.53 bits per heavy atom. The average Bonchev–Trinajstić information content (AvgIpc) is 3.68. The Hall–Kier alpha value is -2.68. The first-order chi connectivity index (χ1) is 15.6. The smallest absolute Gasteiger partial charge is 0.254 e. The van der Waals surface area contributed by atoms with Crippen LogP contribution in [0.15, 0.2) is 54.9 Å². The lowest BCUT2D eigenvalue weighted by Crippen LogP contribution is -2.44. The molecule has 1 aromatic carbocycles. The molecule has 2 aliphatic rings. The molecule has 32 heavy (non-hydrogen) atoms. The number of aliphatic hydroxyl groups excluding tert-OH is 2. The van der Waals surface area contributed by atoms with Crippen LogP contribution >= 0.6 is 0 Å². The minimum Gasteiger partial charge on any atom is -0.396 e. The van der Waals surface area contributed by atoms with Crippen LogP contribution in [0.2, 0.25) is 0 Å². The van der Waals surface area contributed by atoms with Gasteiger partial charge in [0.2, 0.25) is 0 Å². The molecular formula is C27H36N2O3. The normalized spacial score (nSPS) is 20.5. The highest BCUT2D eigenvalue weighted by atomic mass is 16.3. The van der Waals surface area contributed by atoms with Crippen LogP contribution in [-0.4, -0.2) is 44.7 Å². The first kappa shape index (κ1) is 25.6. The number of aliphatic hydroxyl groups is 2. The Balaban J connectivity index is 0.000000387. The molecule has 2 saturated carbocycles. The predicted octanol–water partition coefficient (Wildman–Crippen LogP) is 4.62. The Bertz CT molecular complexity index is 766. The van der Waals surface area contributed by atoms with Crippen molar-refractivity contribution in [2.45, 2.75) is 70.1 Å². The third kappa shape index (κ3) is 7.78. The average molecular weight is 437 g/mol. The topological polar surface area (TPSA) is 73.7 Å². The zero-order valence-corrected chi connectivity index (χ0v) is 19.0. The van der Waals surface area contributed by atoms with E-state index in [4.69, 9.17) is 5.11 Å². The quantitative estimate of drug-likeness (QED) is 0.648. The Labute approximate surface area is 192 Å². The van der Waals surface area contributed by atoms with Crippen LogP contribution in [0.4, 0.5) is 0 Å². The van der Waals surface area contributed by atoms with Crippen molar-refractivity contribution in [3.05, 3.63) is 66.0 Å². The fraction of sp³-hybridized carbons (Fsp3) is 0.481. The molecule has 0 bridgehead atoms. The van der Waals surface area contributed by atoms with Crippen LogP contribution in [0, 0.1) is 18.8 Å². The second kappa shape index (κ2) is 13.7. The molecule has 4 rings (SSSR count). The van der Waals surface area contributed by atoms with Gasteiger partial charge in [-0.3, -0.25) is 9.78 Å². The zero-order chi connectivity index (χ0) is 23.3. The molecule has 0 saturated heterocycles. The van der Waals surface area contributed by atoms with E-state index in [0.717, 1.165) is 56.1 Å². The molecule has 0 spiro atoms. The number of benzene rings is 1. The SMILES string of the molecule is C#C.C[C@@H](O)c1ccc(C(=O)N(C2CCC(CCO)CC2)C2CC2)cc1.c1ccncc1. The van der Waals surface area contributed by atoms with E-state index in [9.17, 15) is 9.90 Å². The monoisotopic (exact) mass is 436 g/mol. The van der Waals surface area contributed by atoms with E-state index in [1.54, 1.807) is 19.3 Å². The summed E-state index contributed by atoms with van der Waals surface area (Å²) in [6, 6.07) is 13.9. The molecule has 1 heterocycles. The molecule has 0 radical (unpaired) electrons. The van der Waals surface area contributed by atoms with Crippen molar-refractivity contribution in [1.29, 1.82) is 0 Å². The van der Waals surface area contributed by atoms with Gasteiger partial charge < -0.3 is 15.1 Å².